The zero-order valence-corrected chi connectivity index (χ0v) is 25.6. The summed E-state index contributed by atoms with van der Waals surface area (Å²) in [6, 6.07) is 9.32. The third-order valence-electron chi connectivity index (χ3n) is 12.4. The normalized spacial score (nSPS) is 38.6. The predicted octanol–water partition coefficient (Wildman–Crippen LogP) is 9.58. The van der Waals surface area contributed by atoms with Gasteiger partial charge in [-0.15, -0.1) is 11.8 Å². The Morgan fingerprint density at radius 3 is 2.18 bits per heavy atom. The molecule has 3 saturated carbocycles. The van der Waals surface area contributed by atoms with E-state index in [0.29, 0.717) is 16.7 Å². The Kier molecular flexibility index (Phi) is 5.89. The molecule has 3 fully saturated rings. The van der Waals surface area contributed by atoms with E-state index in [1.165, 1.54) is 44.1 Å². The lowest BCUT2D eigenvalue weighted by Crippen LogP contribution is -2.62. The summed E-state index contributed by atoms with van der Waals surface area (Å²) in [6.07, 6.45) is 11.2. The van der Waals surface area contributed by atoms with E-state index in [4.69, 9.17) is 0 Å². The zero-order chi connectivity index (χ0) is 28.2. The summed E-state index contributed by atoms with van der Waals surface area (Å²) < 4.78 is 0. The number of rotatable bonds is 2. The van der Waals surface area contributed by atoms with Gasteiger partial charge in [-0.2, -0.15) is 0 Å². The van der Waals surface area contributed by atoms with Crippen molar-refractivity contribution in [3.05, 3.63) is 58.7 Å². The Balaban J connectivity index is 1.53. The minimum Gasteiger partial charge on any atom is -0.508 e. The maximum absolute atomic E-state index is 10.9. The molecule has 3 N–H and O–H groups in total. The van der Waals surface area contributed by atoms with Crippen molar-refractivity contribution >= 4 is 11.8 Å². The molecule has 39 heavy (non-hydrogen) atoms. The third-order valence-corrected chi connectivity index (χ3v) is 13.6. The zero-order valence-electron chi connectivity index (χ0n) is 24.8. The first kappa shape index (κ1) is 27.1. The second-order valence-corrected chi connectivity index (χ2v) is 16.3. The van der Waals surface area contributed by atoms with E-state index in [-0.39, 0.29) is 38.7 Å². The summed E-state index contributed by atoms with van der Waals surface area (Å²) in [4.78, 5) is 1.09. The fourth-order valence-electron chi connectivity index (χ4n) is 9.62. The molecule has 0 radical (unpaired) electrons. The van der Waals surface area contributed by atoms with Crippen LogP contribution in [0.15, 0.2) is 46.9 Å². The number of benzene rings is 2. The summed E-state index contributed by atoms with van der Waals surface area (Å²) in [7, 11) is 0. The Bertz CT molecular complexity index is 1360. The molecule has 4 heteroatoms. The Morgan fingerprint density at radius 2 is 1.49 bits per heavy atom. The second-order valence-electron chi connectivity index (χ2n) is 15.1. The molecule has 0 heterocycles. The number of hydrogen-bond acceptors (Lipinski definition) is 4. The van der Waals surface area contributed by atoms with Crippen LogP contribution in [0.3, 0.4) is 0 Å². The van der Waals surface area contributed by atoms with Crippen LogP contribution in [0.5, 0.6) is 17.2 Å². The fourth-order valence-corrected chi connectivity index (χ4v) is 10.8. The standard InChI is InChI=1S/C35H46O3S/c1-21-29-24(18-25(37)30(21)38)33(5)15-17-35(7)28-20-31(2,3)12-13-32(28,4)14-16-34(35,6)27(33)19-26(29)39-23-10-8-22(36)9-11-23/h8-11,18-19,26,28,36-38H,12-17,20H2,1-7H3/t26?,28-,32?,33+,34-,35+/m1/s1. The number of allylic oxidation sites excluding steroid dienone is 1. The topological polar surface area (TPSA) is 60.7 Å². The van der Waals surface area contributed by atoms with Crippen molar-refractivity contribution in [1.29, 1.82) is 0 Å². The molecule has 0 saturated heterocycles. The van der Waals surface area contributed by atoms with Crippen molar-refractivity contribution in [2.24, 2.45) is 27.6 Å². The molecule has 0 bridgehead atoms. The van der Waals surface area contributed by atoms with Gasteiger partial charge in [0.1, 0.15) is 5.75 Å². The molecule has 0 aliphatic heterocycles. The molecule has 6 atom stereocenters. The van der Waals surface area contributed by atoms with E-state index < -0.39 is 0 Å². The summed E-state index contributed by atoms with van der Waals surface area (Å²) in [6.45, 7) is 17.1. The van der Waals surface area contributed by atoms with Gasteiger partial charge in [-0.05, 0) is 126 Å². The van der Waals surface area contributed by atoms with E-state index in [1.807, 2.05) is 25.1 Å². The largest absolute Gasteiger partial charge is 0.508 e. The molecule has 210 valence electrons. The molecule has 3 nitrogen and oxygen atoms in total. The number of hydrogen-bond donors (Lipinski definition) is 3. The molecule has 2 aromatic rings. The molecule has 2 unspecified atom stereocenters. The van der Waals surface area contributed by atoms with E-state index in [0.717, 1.165) is 22.4 Å². The monoisotopic (exact) mass is 546 g/mol. The first-order valence-corrected chi connectivity index (χ1v) is 15.8. The van der Waals surface area contributed by atoms with Crippen LogP contribution in [-0.4, -0.2) is 15.3 Å². The first-order valence-electron chi connectivity index (χ1n) is 14.9. The van der Waals surface area contributed by atoms with Crippen LogP contribution in [0, 0.1) is 34.5 Å². The van der Waals surface area contributed by atoms with Crippen LogP contribution >= 0.6 is 11.8 Å². The second kappa shape index (κ2) is 8.47. The molecular weight excluding hydrogens is 500 g/mol. The summed E-state index contributed by atoms with van der Waals surface area (Å²) >= 11 is 1.78. The summed E-state index contributed by atoms with van der Waals surface area (Å²) in [5.41, 5.74) is 5.54. The van der Waals surface area contributed by atoms with Crippen LogP contribution in [0.1, 0.15) is 108 Å². The molecule has 6 rings (SSSR count). The highest BCUT2D eigenvalue weighted by molar-refractivity contribution is 7.99. The van der Waals surface area contributed by atoms with Crippen LogP contribution < -0.4 is 0 Å². The lowest BCUT2D eigenvalue weighted by Gasteiger charge is -2.70. The number of phenols is 3. The van der Waals surface area contributed by atoms with Gasteiger partial charge >= 0.3 is 0 Å². The van der Waals surface area contributed by atoms with Crippen LogP contribution in [0.2, 0.25) is 0 Å². The SMILES string of the molecule is Cc1c(O)c(O)cc2c1C(Sc1ccc(O)cc1)C=C1[C@@]2(C)CC[C@@]2(C)[C@@H]3CC(C)(C)CCC3(C)CC[C@]12C. The van der Waals surface area contributed by atoms with Gasteiger partial charge < -0.3 is 15.3 Å². The van der Waals surface area contributed by atoms with Crippen molar-refractivity contribution in [1.82, 2.24) is 0 Å². The fraction of sp³-hybridized carbons (Fsp3) is 0.600. The summed E-state index contributed by atoms with van der Waals surface area (Å²) in [5, 5.41) is 31.6. The van der Waals surface area contributed by atoms with Gasteiger partial charge in [0, 0.05) is 10.3 Å². The van der Waals surface area contributed by atoms with Gasteiger partial charge in [-0.25, -0.2) is 0 Å². The van der Waals surface area contributed by atoms with Crippen LogP contribution in [0.4, 0.5) is 0 Å². The highest BCUT2D eigenvalue weighted by Gasteiger charge is 2.66. The van der Waals surface area contributed by atoms with E-state index in [9.17, 15) is 15.3 Å². The lowest BCUT2D eigenvalue weighted by atomic mass is 9.34. The van der Waals surface area contributed by atoms with Gasteiger partial charge in [0.05, 0.1) is 5.25 Å². The molecule has 2 aromatic carbocycles. The quantitative estimate of drug-likeness (QED) is 0.259. The molecule has 4 aliphatic carbocycles. The van der Waals surface area contributed by atoms with Gasteiger partial charge in [-0.1, -0.05) is 53.2 Å². The van der Waals surface area contributed by atoms with Crippen molar-refractivity contribution in [3.8, 4) is 17.2 Å². The van der Waals surface area contributed by atoms with Gasteiger partial charge in [0.25, 0.3) is 0 Å². The molecule has 4 aliphatic rings. The Morgan fingerprint density at radius 1 is 0.821 bits per heavy atom. The van der Waals surface area contributed by atoms with Gasteiger partial charge in [-0.3, -0.25) is 0 Å². The molecule has 0 amide bonds. The average Bonchev–Trinajstić information content (AvgIpc) is 2.88. The van der Waals surface area contributed by atoms with Crippen LogP contribution in [0.25, 0.3) is 0 Å². The average molecular weight is 547 g/mol. The highest BCUT2D eigenvalue weighted by Crippen LogP contribution is 2.75. The molecule has 0 aromatic heterocycles. The van der Waals surface area contributed by atoms with Crippen LogP contribution in [-0.2, 0) is 5.41 Å². The maximum Gasteiger partial charge on any atom is 0.160 e. The van der Waals surface area contributed by atoms with E-state index in [1.54, 1.807) is 29.5 Å². The number of aromatic hydroxyl groups is 3. The van der Waals surface area contributed by atoms with Crippen molar-refractivity contribution in [3.63, 3.8) is 0 Å². The minimum absolute atomic E-state index is 0.00441. The molecular formula is C35H46O3S. The van der Waals surface area contributed by atoms with Crippen molar-refractivity contribution < 1.29 is 15.3 Å². The summed E-state index contributed by atoms with van der Waals surface area (Å²) in [5.74, 6) is 0.947. The van der Waals surface area contributed by atoms with Crippen molar-refractivity contribution in [2.75, 3.05) is 0 Å². The Hall–Kier alpha value is -2.07. The number of thioether (sulfide) groups is 1. The van der Waals surface area contributed by atoms with Crippen molar-refractivity contribution in [2.45, 2.75) is 109 Å². The van der Waals surface area contributed by atoms with E-state index in [2.05, 4.69) is 47.6 Å². The lowest BCUT2D eigenvalue weighted by molar-refractivity contribution is -0.156. The smallest absolute Gasteiger partial charge is 0.160 e. The predicted molar refractivity (Wildman–Crippen MR) is 161 cm³/mol. The minimum atomic E-state index is -0.177. The number of phenolic OH excluding ortho intramolecular Hbond substituents is 3. The third kappa shape index (κ3) is 3.76. The first-order chi connectivity index (χ1) is 18.1. The Labute approximate surface area is 239 Å². The molecule has 0 spiro atoms. The highest BCUT2D eigenvalue weighted by atomic mass is 32.2. The van der Waals surface area contributed by atoms with Gasteiger partial charge in [0.2, 0.25) is 0 Å². The van der Waals surface area contributed by atoms with Gasteiger partial charge in [0.15, 0.2) is 11.5 Å². The maximum atomic E-state index is 10.9. The van der Waals surface area contributed by atoms with E-state index >= 15 is 0 Å². The number of fused-ring (bicyclic) bond motifs is 7.